The lowest BCUT2D eigenvalue weighted by Crippen LogP contribution is -2.50. The van der Waals surface area contributed by atoms with Crippen LogP contribution >= 0.6 is 24.0 Å². The van der Waals surface area contributed by atoms with Gasteiger partial charge in [0.15, 0.2) is 5.96 Å². The Morgan fingerprint density at radius 1 is 1.17 bits per heavy atom. The summed E-state index contributed by atoms with van der Waals surface area (Å²) in [6.07, 6.45) is 6.23. The van der Waals surface area contributed by atoms with Crippen LogP contribution in [0.4, 0.5) is 0 Å². The minimum Gasteiger partial charge on any atom is -0.352 e. The second-order valence-corrected chi connectivity index (χ2v) is 7.28. The molecule has 3 fully saturated rings. The van der Waals surface area contributed by atoms with Crippen molar-refractivity contribution in [1.29, 1.82) is 0 Å². The molecule has 1 saturated carbocycles. The largest absolute Gasteiger partial charge is 0.352 e. The molecule has 0 aromatic carbocycles. The summed E-state index contributed by atoms with van der Waals surface area (Å²) in [7, 11) is 1.78. The first-order valence-corrected chi connectivity index (χ1v) is 9.16. The number of rotatable bonds is 4. The number of nitrogens with one attached hydrogen (secondary N) is 2. The van der Waals surface area contributed by atoms with Gasteiger partial charge in [-0.2, -0.15) is 0 Å². The van der Waals surface area contributed by atoms with Crippen molar-refractivity contribution in [2.75, 3.05) is 39.8 Å². The van der Waals surface area contributed by atoms with Crippen LogP contribution in [0.1, 0.15) is 39.0 Å². The minimum absolute atomic E-state index is 0. The summed E-state index contributed by atoms with van der Waals surface area (Å²) in [5.41, 5.74) is 0. The fraction of sp³-hybridized carbons (Fsp3) is 0.882. The highest BCUT2D eigenvalue weighted by molar-refractivity contribution is 14.0. The standard InChI is InChI=1S/C17H31N5O.HI/c1-13-11-22(14-6-7-14)12-15(13)20-17(18-2)19-10-16(23)21-8-4-3-5-9-21;/h13-15H,3-12H2,1-2H3,(H2,18,19,20);1H. The van der Waals surface area contributed by atoms with Crippen molar-refractivity contribution in [3.8, 4) is 0 Å². The van der Waals surface area contributed by atoms with Gasteiger partial charge in [-0.1, -0.05) is 6.92 Å². The zero-order valence-corrected chi connectivity index (χ0v) is 17.3. The van der Waals surface area contributed by atoms with E-state index in [1.807, 2.05) is 4.90 Å². The Kier molecular flexibility index (Phi) is 7.59. The van der Waals surface area contributed by atoms with Gasteiger partial charge in [0, 0.05) is 45.3 Å². The van der Waals surface area contributed by atoms with Gasteiger partial charge < -0.3 is 15.5 Å². The Balaban J connectivity index is 0.00000208. The Morgan fingerprint density at radius 2 is 1.88 bits per heavy atom. The molecule has 0 aromatic rings. The molecular formula is C17H32IN5O. The molecule has 6 nitrogen and oxygen atoms in total. The number of hydrogen-bond acceptors (Lipinski definition) is 3. The SMILES string of the molecule is CN=C(NCC(=O)N1CCCCC1)NC1CN(C2CC2)CC1C.I. The maximum atomic E-state index is 12.2. The number of halogens is 1. The summed E-state index contributed by atoms with van der Waals surface area (Å²) in [5.74, 6) is 1.56. The molecule has 2 heterocycles. The summed E-state index contributed by atoms with van der Waals surface area (Å²) < 4.78 is 0. The van der Waals surface area contributed by atoms with Crippen LogP contribution in [0.3, 0.4) is 0 Å². The number of guanidine groups is 1. The zero-order valence-electron chi connectivity index (χ0n) is 15.0. The third kappa shape index (κ3) is 5.21. The van der Waals surface area contributed by atoms with Crippen LogP contribution in [-0.4, -0.2) is 73.5 Å². The van der Waals surface area contributed by atoms with E-state index in [1.165, 1.54) is 25.8 Å². The van der Waals surface area contributed by atoms with Crippen LogP contribution in [0.2, 0.25) is 0 Å². The minimum atomic E-state index is 0. The first-order valence-electron chi connectivity index (χ1n) is 9.16. The molecule has 0 bridgehead atoms. The van der Waals surface area contributed by atoms with Crippen molar-refractivity contribution in [3.63, 3.8) is 0 Å². The lowest BCUT2D eigenvalue weighted by molar-refractivity contribution is -0.130. The van der Waals surface area contributed by atoms with Crippen LogP contribution in [0.25, 0.3) is 0 Å². The number of carbonyl (C=O) groups is 1. The average Bonchev–Trinajstić information content (AvgIpc) is 3.36. The molecule has 0 radical (unpaired) electrons. The van der Waals surface area contributed by atoms with Crippen molar-refractivity contribution < 1.29 is 4.79 Å². The van der Waals surface area contributed by atoms with Crippen LogP contribution in [0.15, 0.2) is 4.99 Å². The fourth-order valence-corrected chi connectivity index (χ4v) is 3.71. The van der Waals surface area contributed by atoms with Crippen molar-refractivity contribution in [3.05, 3.63) is 0 Å². The molecule has 2 N–H and O–H groups in total. The number of hydrogen-bond donors (Lipinski definition) is 2. The number of aliphatic imine (C=N–C) groups is 1. The van der Waals surface area contributed by atoms with Crippen LogP contribution in [-0.2, 0) is 4.79 Å². The number of amides is 1. The molecular weight excluding hydrogens is 417 g/mol. The van der Waals surface area contributed by atoms with E-state index in [0.29, 0.717) is 18.5 Å². The smallest absolute Gasteiger partial charge is 0.241 e. The van der Waals surface area contributed by atoms with Gasteiger partial charge in [0.1, 0.15) is 0 Å². The first-order chi connectivity index (χ1) is 11.2. The summed E-state index contributed by atoms with van der Waals surface area (Å²) >= 11 is 0. The van der Waals surface area contributed by atoms with Gasteiger partial charge >= 0.3 is 0 Å². The maximum Gasteiger partial charge on any atom is 0.241 e. The molecule has 138 valence electrons. The van der Waals surface area contributed by atoms with E-state index in [-0.39, 0.29) is 29.9 Å². The van der Waals surface area contributed by atoms with Gasteiger partial charge in [-0.15, -0.1) is 24.0 Å². The Labute approximate surface area is 162 Å². The third-order valence-corrected chi connectivity index (χ3v) is 5.37. The van der Waals surface area contributed by atoms with Gasteiger partial charge in [0.25, 0.3) is 0 Å². The van der Waals surface area contributed by atoms with Gasteiger partial charge in [-0.05, 0) is 38.0 Å². The highest BCUT2D eigenvalue weighted by Gasteiger charge is 2.38. The molecule has 2 unspecified atom stereocenters. The Morgan fingerprint density at radius 3 is 2.50 bits per heavy atom. The number of likely N-dealkylation sites (tertiary alicyclic amines) is 2. The van der Waals surface area contributed by atoms with Gasteiger partial charge in [-0.3, -0.25) is 14.7 Å². The normalized spacial score (nSPS) is 28.4. The van der Waals surface area contributed by atoms with Crippen LogP contribution < -0.4 is 10.6 Å². The van der Waals surface area contributed by atoms with Crippen molar-refractivity contribution in [2.45, 2.75) is 51.1 Å². The predicted octanol–water partition coefficient (Wildman–Crippen LogP) is 1.26. The van der Waals surface area contributed by atoms with E-state index < -0.39 is 0 Å². The predicted molar refractivity (Wildman–Crippen MR) is 108 cm³/mol. The monoisotopic (exact) mass is 449 g/mol. The molecule has 2 saturated heterocycles. The summed E-state index contributed by atoms with van der Waals surface area (Å²) in [6.45, 7) is 6.71. The van der Waals surface area contributed by atoms with E-state index in [4.69, 9.17) is 0 Å². The number of carbonyl (C=O) groups excluding carboxylic acids is 1. The van der Waals surface area contributed by atoms with Crippen LogP contribution in [0.5, 0.6) is 0 Å². The topological polar surface area (TPSA) is 60.0 Å². The van der Waals surface area contributed by atoms with E-state index in [1.54, 1.807) is 7.05 Å². The zero-order chi connectivity index (χ0) is 16.2. The molecule has 0 aromatic heterocycles. The lowest BCUT2D eigenvalue weighted by atomic mass is 10.1. The fourth-order valence-electron chi connectivity index (χ4n) is 3.71. The molecule has 1 aliphatic carbocycles. The molecule has 7 heteroatoms. The maximum absolute atomic E-state index is 12.2. The number of piperidine rings is 1. The van der Waals surface area contributed by atoms with Crippen LogP contribution in [0, 0.1) is 5.92 Å². The van der Waals surface area contributed by atoms with Gasteiger partial charge in [-0.25, -0.2) is 0 Å². The third-order valence-electron chi connectivity index (χ3n) is 5.37. The molecule has 2 atom stereocenters. The highest BCUT2D eigenvalue weighted by Crippen LogP contribution is 2.31. The van der Waals surface area contributed by atoms with E-state index in [0.717, 1.165) is 44.5 Å². The van der Waals surface area contributed by atoms with Crippen molar-refractivity contribution in [1.82, 2.24) is 20.4 Å². The molecule has 3 aliphatic rings. The average molecular weight is 449 g/mol. The molecule has 0 spiro atoms. The lowest BCUT2D eigenvalue weighted by Gasteiger charge is -2.27. The summed E-state index contributed by atoms with van der Waals surface area (Å²) in [4.78, 5) is 21.1. The molecule has 2 aliphatic heterocycles. The Hall–Kier alpha value is -0.570. The molecule has 3 rings (SSSR count). The second kappa shape index (κ2) is 9.22. The van der Waals surface area contributed by atoms with Crippen molar-refractivity contribution in [2.24, 2.45) is 10.9 Å². The summed E-state index contributed by atoms with van der Waals surface area (Å²) in [6, 6.07) is 1.24. The quantitative estimate of drug-likeness (QED) is 0.386. The first kappa shape index (κ1) is 19.8. The second-order valence-electron chi connectivity index (χ2n) is 7.28. The molecule has 1 amide bonds. The number of nitrogens with zero attached hydrogens (tertiary/aromatic N) is 3. The van der Waals surface area contributed by atoms with Gasteiger partial charge in [0.05, 0.1) is 6.54 Å². The van der Waals surface area contributed by atoms with E-state index >= 15 is 0 Å². The Bertz CT molecular complexity index is 448. The van der Waals surface area contributed by atoms with E-state index in [2.05, 4.69) is 27.4 Å². The summed E-state index contributed by atoms with van der Waals surface area (Å²) in [5, 5.41) is 6.72. The molecule has 24 heavy (non-hydrogen) atoms. The highest BCUT2D eigenvalue weighted by atomic mass is 127. The van der Waals surface area contributed by atoms with Gasteiger partial charge in [0.2, 0.25) is 5.91 Å². The van der Waals surface area contributed by atoms with Crippen molar-refractivity contribution >= 4 is 35.8 Å². The van der Waals surface area contributed by atoms with E-state index in [9.17, 15) is 4.79 Å².